The van der Waals surface area contributed by atoms with Gasteiger partial charge in [-0.2, -0.15) is 0 Å². The summed E-state index contributed by atoms with van der Waals surface area (Å²) in [6.07, 6.45) is 0.988. The van der Waals surface area contributed by atoms with Crippen molar-refractivity contribution in [1.82, 2.24) is 0 Å². The molecule has 1 atom stereocenters. The molecule has 0 aliphatic carbocycles. The number of anilines is 2. The van der Waals surface area contributed by atoms with Crippen LogP contribution in [0.25, 0.3) is 0 Å². The van der Waals surface area contributed by atoms with Crippen molar-refractivity contribution < 1.29 is 14.3 Å². The Labute approximate surface area is 157 Å². The minimum atomic E-state index is -0.420. The Kier molecular flexibility index (Phi) is 5.47. The molecule has 1 heterocycles. The Morgan fingerprint density at radius 1 is 1.31 bits per heavy atom. The van der Waals surface area contributed by atoms with Gasteiger partial charge in [0.25, 0.3) is 0 Å². The van der Waals surface area contributed by atoms with E-state index in [4.69, 9.17) is 16.3 Å². The predicted octanol–water partition coefficient (Wildman–Crippen LogP) is 3.90. The third-order valence-corrected chi connectivity index (χ3v) is 4.82. The van der Waals surface area contributed by atoms with Crippen LogP contribution in [-0.4, -0.2) is 25.5 Å². The minimum Gasteiger partial charge on any atom is -0.495 e. The van der Waals surface area contributed by atoms with E-state index in [2.05, 4.69) is 5.32 Å². The Bertz CT molecular complexity index is 838. The van der Waals surface area contributed by atoms with E-state index in [-0.39, 0.29) is 18.2 Å². The maximum atomic E-state index is 12.7. The van der Waals surface area contributed by atoms with Gasteiger partial charge in [-0.3, -0.25) is 9.59 Å². The highest BCUT2D eigenvalue weighted by Crippen LogP contribution is 2.35. The molecular weight excluding hydrogens is 352 g/mol. The molecule has 136 valence electrons. The Morgan fingerprint density at radius 2 is 2.08 bits per heavy atom. The van der Waals surface area contributed by atoms with Gasteiger partial charge in [0.05, 0.1) is 18.7 Å². The minimum absolute atomic E-state index is 0.116. The predicted molar refractivity (Wildman–Crippen MR) is 103 cm³/mol. The normalized spacial score (nSPS) is 16.7. The summed E-state index contributed by atoms with van der Waals surface area (Å²) in [6, 6.07) is 12.8. The standard InChI is InChI=1S/C20H21ClN2O3/c1-3-13-6-4-5-7-16(13)22-20(25)14-10-19(24)23(12-14)17-11-15(21)8-9-18(17)26-2/h4-9,11,14H,3,10,12H2,1-2H3,(H,22,25)/t14-/m1/s1. The first kappa shape index (κ1) is 18.3. The third-order valence-electron chi connectivity index (χ3n) is 4.58. The van der Waals surface area contributed by atoms with Crippen molar-refractivity contribution in [2.75, 3.05) is 23.9 Å². The van der Waals surface area contributed by atoms with Crippen molar-refractivity contribution in [2.24, 2.45) is 5.92 Å². The van der Waals surface area contributed by atoms with Gasteiger partial charge in [0.15, 0.2) is 0 Å². The zero-order valence-electron chi connectivity index (χ0n) is 14.8. The van der Waals surface area contributed by atoms with E-state index < -0.39 is 5.92 Å². The van der Waals surface area contributed by atoms with Crippen molar-refractivity contribution >= 4 is 34.8 Å². The number of hydrogen-bond acceptors (Lipinski definition) is 3. The van der Waals surface area contributed by atoms with Gasteiger partial charge in [-0.25, -0.2) is 0 Å². The number of nitrogens with one attached hydrogen (secondary N) is 1. The van der Waals surface area contributed by atoms with Crippen LogP contribution in [0.1, 0.15) is 18.9 Å². The number of aryl methyl sites for hydroxylation is 1. The zero-order valence-corrected chi connectivity index (χ0v) is 15.5. The molecule has 3 rings (SSSR count). The van der Waals surface area contributed by atoms with Crippen LogP contribution in [0.5, 0.6) is 5.75 Å². The number of methoxy groups -OCH3 is 1. The SMILES string of the molecule is CCc1ccccc1NC(=O)[C@@H]1CC(=O)N(c2cc(Cl)ccc2OC)C1. The number of nitrogens with zero attached hydrogens (tertiary/aromatic N) is 1. The topological polar surface area (TPSA) is 58.6 Å². The fourth-order valence-corrected chi connectivity index (χ4v) is 3.34. The lowest BCUT2D eigenvalue weighted by Gasteiger charge is -2.20. The zero-order chi connectivity index (χ0) is 18.7. The van der Waals surface area contributed by atoms with Crippen LogP contribution in [-0.2, 0) is 16.0 Å². The van der Waals surface area contributed by atoms with Crippen molar-refractivity contribution in [1.29, 1.82) is 0 Å². The van der Waals surface area contributed by atoms with E-state index >= 15 is 0 Å². The Balaban J connectivity index is 1.77. The molecule has 1 aliphatic heterocycles. The van der Waals surface area contributed by atoms with E-state index in [1.54, 1.807) is 30.2 Å². The van der Waals surface area contributed by atoms with Crippen molar-refractivity contribution in [3.05, 3.63) is 53.1 Å². The van der Waals surface area contributed by atoms with Gasteiger partial charge in [-0.15, -0.1) is 0 Å². The number of carbonyl (C=O) groups excluding carboxylic acids is 2. The van der Waals surface area contributed by atoms with Gasteiger partial charge < -0.3 is 15.0 Å². The molecule has 2 aromatic carbocycles. The van der Waals surface area contributed by atoms with E-state index in [1.165, 1.54) is 0 Å². The molecule has 26 heavy (non-hydrogen) atoms. The van der Waals surface area contributed by atoms with Gasteiger partial charge in [0, 0.05) is 23.7 Å². The Hall–Kier alpha value is -2.53. The largest absolute Gasteiger partial charge is 0.495 e. The van der Waals surface area contributed by atoms with Gasteiger partial charge in [0.1, 0.15) is 5.75 Å². The molecule has 0 radical (unpaired) electrons. The summed E-state index contributed by atoms with van der Waals surface area (Å²) in [5.74, 6) is -0.131. The summed E-state index contributed by atoms with van der Waals surface area (Å²) in [7, 11) is 1.54. The van der Waals surface area contributed by atoms with E-state index in [1.807, 2.05) is 31.2 Å². The van der Waals surface area contributed by atoms with E-state index in [0.29, 0.717) is 23.0 Å². The molecule has 0 spiro atoms. The van der Waals surface area contributed by atoms with Crippen molar-refractivity contribution in [3.63, 3.8) is 0 Å². The van der Waals surface area contributed by atoms with Gasteiger partial charge in [-0.05, 0) is 36.2 Å². The lowest BCUT2D eigenvalue weighted by molar-refractivity contribution is -0.122. The molecule has 5 nitrogen and oxygen atoms in total. The summed E-state index contributed by atoms with van der Waals surface area (Å²) >= 11 is 6.07. The summed E-state index contributed by atoms with van der Waals surface area (Å²) in [5, 5.41) is 3.47. The highest BCUT2D eigenvalue weighted by Gasteiger charge is 2.36. The second-order valence-corrected chi connectivity index (χ2v) is 6.66. The fourth-order valence-electron chi connectivity index (χ4n) is 3.18. The first-order valence-electron chi connectivity index (χ1n) is 8.56. The van der Waals surface area contributed by atoms with Crippen molar-refractivity contribution in [3.8, 4) is 5.75 Å². The quantitative estimate of drug-likeness (QED) is 0.865. The second kappa shape index (κ2) is 7.79. The number of ether oxygens (including phenoxy) is 1. The average Bonchev–Trinajstić information content (AvgIpc) is 3.04. The van der Waals surface area contributed by atoms with Gasteiger partial charge in [-0.1, -0.05) is 36.7 Å². The number of halogens is 1. The Morgan fingerprint density at radius 3 is 2.81 bits per heavy atom. The van der Waals surface area contributed by atoms with Crippen LogP contribution >= 0.6 is 11.6 Å². The molecule has 0 saturated carbocycles. The second-order valence-electron chi connectivity index (χ2n) is 6.22. The fraction of sp³-hybridized carbons (Fsp3) is 0.300. The number of rotatable bonds is 5. The highest BCUT2D eigenvalue weighted by molar-refractivity contribution is 6.31. The number of carbonyl (C=O) groups is 2. The maximum Gasteiger partial charge on any atom is 0.229 e. The van der Waals surface area contributed by atoms with Crippen LogP contribution < -0.4 is 15.0 Å². The number of benzene rings is 2. The maximum absolute atomic E-state index is 12.7. The first-order chi connectivity index (χ1) is 12.5. The summed E-state index contributed by atoms with van der Waals surface area (Å²) in [6.45, 7) is 2.34. The molecular formula is C20H21ClN2O3. The van der Waals surface area contributed by atoms with Crippen LogP contribution in [0.4, 0.5) is 11.4 Å². The molecule has 6 heteroatoms. The average molecular weight is 373 g/mol. The molecule has 1 N–H and O–H groups in total. The number of amides is 2. The number of hydrogen-bond donors (Lipinski definition) is 1. The molecule has 1 fully saturated rings. The molecule has 1 aliphatic rings. The monoisotopic (exact) mass is 372 g/mol. The lowest BCUT2D eigenvalue weighted by atomic mass is 10.1. The summed E-state index contributed by atoms with van der Waals surface area (Å²) in [5.41, 5.74) is 2.46. The van der Waals surface area contributed by atoms with Crippen LogP contribution in [0.2, 0.25) is 5.02 Å². The smallest absolute Gasteiger partial charge is 0.229 e. The highest BCUT2D eigenvalue weighted by atomic mass is 35.5. The summed E-state index contributed by atoms with van der Waals surface area (Å²) < 4.78 is 5.33. The molecule has 2 aromatic rings. The molecule has 0 unspecified atom stereocenters. The van der Waals surface area contributed by atoms with Crippen molar-refractivity contribution in [2.45, 2.75) is 19.8 Å². The molecule has 2 amide bonds. The molecule has 0 aromatic heterocycles. The number of para-hydroxylation sites is 1. The molecule has 0 bridgehead atoms. The molecule has 1 saturated heterocycles. The third kappa shape index (κ3) is 3.68. The van der Waals surface area contributed by atoms with Gasteiger partial charge >= 0.3 is 0 Å². The lowest BCUT2D eigenvalue weighted by Crippen LogP contribution is -2.28. The van der Waals surface area contributed by atoms with E-state index in [0.717, 1.165) is 17.7 Å². The van der Waals surface area contributed by atoms with E-state index in [9.17, 15) is 9.59 Å². The first-order valence-corrected chi connectivity index (χ1v) is 8.94. The van der Waals surface area contributed by atoms with Crippen LogP contribution in [0.3, 0.4) is 0 Å². The van der Waals surface area contributed by atoms with Gasteiger partial charge in [0.2, 0.25) is 11.8 Å². The van der Waals surface area contributed by atoms with Crippen LogP contribution in [0.15, 0.2) is 42.5 Å². The summed E-state index contributed by atoms with van der Waals surface area (Å²) in [4.78, 5) is 26.7. The van der Waals surface area contributed by atoms with Crippen LogP contribution in [0, 0.1) is 5.92 Å².